The highest BCUT2D eigenvalue weighted by Gasteiger charge is 2.34. The molecule has 6 heteroatoms. The van der Waals surface area contributed by atoms with E-state index < -0.39 is 0 Å². The first-order valence-corrected chi connectivity index (χ1v) is 11.1. The lowest BCUT2D eigenvalue weighted by molar-refractivity contribution is 0.0519. The van der Waals surface area contributed by atoms with Crippen LogP contribution in [0.15, 0.2) is 17.5 Å². The summed E-state index contributed by atoms with van der Waals surface area (Å²) in [6.45, 7) is 7.69. The molecule has 0 spiro atoms. The molecule has 3 fully saturated rings. The molecule has 26 heavy (non-hydrogen) atoms. The van der Waals surface area contributed by atoms with Crippen molar-refractivity contribution in [1.29, 1.82) is 0 Å². The van der Waals surface area contributed by atoms with E-state index in [0.29, 0.717) is 12.1 Å². The zero-order valence-corrected chi connectivity index (χ0v) is 17.3. The Morgan fingerprint density at radius 1 is 1.23 bits per heavy atom. The van der Waals surface area contributed by atoms with Gasteiger partial charge >= 0.3 is 0 Å². The highest BCUT2D eigenvalue weighted by Crippen LogP contribution is 2.30. The topological polar surface area (TPSA) is 36.5 Å². The number of likely N-dealkylation sites (tertiary alicyclic amines) is 1. The van der Waals surface area contributed by atoms with E-state index in [9.17, 15) is 0 Å². The average molecular weight is 400 g/mol. The zero-order valence-electron chi connectivity index (χ0n) is 15.7. The lowest BCUT2D eigenvalue weighted by Gasteiger charge is -2.35. The molecule has 4 rings (SSSR count). The molecule has 2 saturated heterocycles. The molecule has 3 aliphatic rings. The van der Waals surface area contributed by atoms with Crippen molar-refractivity contribution in [3.8, 4) is 0 Å². The van der Waals surface area contributed by atoms with Crippen LogP contribution in [0.3, 0.4) is 0 Å². The van der Waals surface area contributed by atoms with Crippen LogP contribution >= 0.6 is 23.7 Å². The lowest BCUT2D eigenvalue weighted by atomic mass is 9.92. The first-order valence-electron chi connectivity index (χ1n) is 10.2. The van der Waals surface area contributed by atoms with Gasteiger partial charge in [-0.05, 0) is 68.6 Å². The second-order valence-electron chi connectivity index (χ2n) is 8.04. The van der Waals surface area contributed by atoms with E-state index in [1.807, 2.05) is 11.3 Å². The van der Waals surface area contributed by atoms with Crippen molar-refractivity contribution >= 4 is 23.7 Å². The minimum absolute atomic E-state index is 0. The summed E-state index contributed by atoms with van der Waals surface area (Å²) in [5, 5.41) is 9.82. The molecule has 0 radical (unpaired) electrons. The summed E-state index contributed by atoms with van der Waals surface area (Å²) in [4.78, 5) is 4.14. The molecule has 3 unspecified atom stereocenters. The summed E-state index contributed by atoms with van der Waals surface area (Å²) in [5.74, 6) is 1.62. The van der Waals surface area contributed by atoms with Gasteiger partial charge in [-0.1, -0.05) is 12.5 Å². The summed E-state index contributed by atoms with van der Waals surface area (Å²) in [5.41, 5.74) is 0. The fourth-order valence-electron chi connectivity index (χ4n) is 4.87. The van der Waals surface area contributed by atoms with Crippen LogP contribution in [0.25, 0.3) is 0 Å². The Morgan fingerprint density at radius 2 is 2.12 bits per heavy atom. The summed E-state index contributed by atoms with van der Waals surface area (Å²) >= 11 is 1.89. The minimum Gasteiger partial charge on any atom is -0.379 e. The van der Waals surface area contributed by atoms with E-state index in [1.54, 1.807) is 0 Å². The van der Waals surface area contributed by atoms with Crippen LogP contribution in [0.4, 0.5) is 0 Å². The van der Waals surface area contributed by atoms with Crippen molar-refractivity contribution in [2.45, 2.75) is 50.7 Å². The third-order valence-corrected chi connectivity index (χ3v) is 7.23. The van der Waals surface area contributed by atoms with E-state index in [-0.39, 0.29) is 12.4 Å². The van der Waals surface area contributed by atoms with Gasteiger partial charge in [-0.15, -0.1) is 23.7 Å². The quantitative estimate of drug-likeness (QED) is 0.770. The van der Waals surface area contributed by atoms with Crippen LogP contribution in [0.5, 0.6) is 0 Å². The molecular weight excluding hydrogens is 366 g/mol. The Balaban J connectivity index is 0.00000196. The molecule has 4 nitrogen and oxygen atoms in total. The van der Waals surface area contributed by atoms with E-state index in [4.69, 9.17) is 4.74 Å². The molecule has 1 saturated carbocycles. The summed E-state index contributed by atoms with van der Waals surface area (Å²) in [6, 6.07) is 5.70. The van der Waals surface area contributed by atoms with Gasteiger partial charge in [0, 0.05) is 30.1 Å². The maximum atomic E-state index is 5.70. The van der Waals surface area contributed by atoms with Crippen molar-refractivity contribution < 1.29 is 4.74 Å². The second kappa shape index (κ2) is 10.4. The maximum absolute atomic E-state index is 5.70. The first-order chi connectivity index (χ1) is 12.4. The van der Waals surface area contributed by atoms with Crippen LogP contribution in [-0.2, 0) is 11.3 Å². The molecule has 3 heterocycles. The van der Waals surface area contributed by atoms with Crippen molar-refractivity contribution in [1.82, 2.24) is 15.5 Å². The van der Waals surface area contributed by atoms with E-state index in [2.05, 4.69) is 33.0 Å². The predicted molar refractivity (Wildman–Crippen MR) is 111 cm³/mol. The second-order valence-corrected chi connectivity index (χ2v) is 9.08. The van der Waals surface area contributed by atoms with Crippen LogP contribution in [0.2, 0.25) is 0 Å². The smallest absolute Gasteiger partial charge is 0.0623 e. The Bertz CT molecular complexity index is 501. The number of nitrogens with one attached hydrogen (secondary N) is 2. The lowest BCUT2D eigenvalue weighted by Crippen LogP contribution is -2.51. The molecule has 2 N–H and O–H groups in total. The van der Waals surface area contributed by atoms with Gasteiger partial charge in [0.2, 0.25) is 0 Å². The normalized spacial score (nSPS) is 31.0. The molecule has 0 aromatic carbocycles. The Morgan fingerprint density at radius 3 is 2.85 bits per heavy atom. The Kier molecular flexibility index (Phi) is 8.22. The highest BCUT2D eigenvalue weighted by molar-refractivity contribution is 7.09. The highest BCUT2D eigenvalue weighted by atomic mass is 35.5. The number of thiophene rings is 1. The molecule has 1 aromatic rings. The molecule has 1 aliphatic carbocycles. The summed E-state index contributed by atoms with van der Waals surface area (Å²) < 4.78 is 5.70. The van der Waals surface area contributed by atoms with Crippen molar-refractivity contribution in [3.63, 3.8) is 0 Å². The van der Waals surface area contributed by atoms with Crippen molar-refractivity contribution in [3.05, 3.63) is 22.4 Å². The molecular formula is C20H34ClN3OS. The minimum atomic E-state index is 0. The number of nitrogens with zero attached hydrogens (tertiary/aromatic N) is 1. The van der Waals surface area contributed by atoms with Gasteiger partial charge in [0.25, 0.3) is 0 Å². The van der Waals surface area contributed by atoms with Crippen LogP contribution < -0.4 is 10.6 Å². The van der Waals surface area contributed by atoms with E-state index >= 15 is 0 Å². The Hall–Kier alpha value is -0.170. The summed E-state index contributed by atoms with van der Waals surface area (Å²) in [7, 11) is 0. The van der Waals surface area contributed by atoms with Gasteiger partial charge in [-0.25, -0.2) is 0 Å². The fourth-order valence-corrected chi connectivity index (χ4v) is 5.62. The maximum Gasteiger partial charge on any atom is 0.0623 e. The Labute approximate surface area is 168 Å². The zero-order chi connectivity index (χ0) is 16.9. The molecule has 148 valence electrons. The van der Waals surface area contributed by atoms with Gasteiger partial charge in [0.1, 0.15) is 0 Å². The third kappa shape index (κ3) is 5.43. The first kappa shape index (κ1) is 20.6. The summed E-state index contributed by atoms with van der Waals surface area (Å²) in [6.07, 6.45) is 6.78. The van der Waals surface area contributed by atoms with E-state index in [1.165, 1.54) is 56.6 Å². The van der Waals surface area contributed by atoms with Crippen molar-refractivity contribution in [2.24, 2.45) is 11.8 Å². The number of rotatable bonds is 6. The number of hydrogen-bond donors (Lipinski definition) is 2. The molecule has 2 aliphatic heterocycles. The number of hydrogen-bond acceptors (Lipinski definition) is 5. The van der Waals surface area contributed by atoms with Crippen molar-refractivity contribution in [2.75, 3.05) is 39.4 Å². The monoisotopic (exact) mass is 399 g/mol. The predicted octanol–water partition coefficient (Wildman–Crippen LogP) is 3.13. The largest absolute Gasteiger partial charge is 0.379 e. The van der Waals surface area contributed by atoms with Gasteiger partial charge in [-0.2, -0.15) is 0 Å². The number of piperidine rings is 1. The standard InChI is InChI=1S/C20H33N3OS.ClH/c1-4-18(20-15-24-11-8-21-20)19(5-1)22-13-16-6-9-23(10-7-16)14-17-3-2-12-25-17;/h2-3,12,16,18-22H,1,4-11,13-15H2;1H. The SMILES string of the molecule is Cl.c1csc(CN2CCC(CNC3CCCC3C3COCCN3)CC2)c1. The molecule has 3 atom stereocenters. The van der Waals surface area contributed by atoms with Gasteiger partial charge in [0.05, 0.1) is 13.2 Å². The number of halogens is 1. The van der Waals surface area contributed by atoms with Gasteiger partial charge < -0.3 is 15.4 Å². The molecule has 0 bridgehead atoms. The van der Waals surface area contributed by atoms with Gasteiger partial charge in [0.15, 0.2) is 0 Å². The van der Waals surface area contributed by atoms with Gasteiger partial charge in [-0.3, -0.25) is 4.90 Å². The third-order valence-electron chi connectivity index (χ3n) is 6.37. The average Bonchev–Trinajstić information content (AvgIpc) is 3.33. The van der Waals surface area contributed by atoms with E-state index in [0.717, 1.165) is 38.1 Å². The molecule has 1 aromatic heterocycles. The van der Waals surface area contributed by atoms with Crippen LogP contribution in [0, 0.1) is 11.8 Å². The van der Waals surface area contributed by atoms with Crippen LogP contribution in [-0.4, -0.2) is 56.4 Å². The molecule has 0 amide bonds. The number of ether oxygens (including phenoxy) is 1. The fraction of sp³-hybridized carbons (Fsp3) is 0.800. The van der Waals surface area contributed by atoms with Crippen LogP contribution in [0.1, 0.15) is 37.0 Å². The number of morpholine rings is 1.